The highest BCUT2D eigenvalue weighted by molar-refractivity contribution is 6.74. The van der Waals surface area contributed by atoms with Gasteiger partial charge in [0, 0.05) is 27.7 Å². The smallest absolute Gasteiger partial charge is 0.307 e. The number of nitrogens with one attached hydrogen (secondary N) is 1. The van der Waals surface area contributed by atoms with Gasteiger partial charge >= 0.3 is 5.97 Å². The van der Waals surface area contributed by atoms with Crippen LogP contribution in [-0.4, -0.2) is 35.1 Å². The summed E-state index contributed by atoms with van der Waals surface area (Å²) in [4.78, 5) is 32.0. The molecular weight excluding hydrogens is 432 g/mol. The van der Waals surface area contributed by atoms with E-state index in [0.717, 1.165) is 5.56 Å². The van der Waals surface area contributed by atoms with Gasteiger partial charge in [0.05, 0.1) is 18.7 Å². The second kappa shape index (κ2) is 8.57. The zero-order valence-electron chi connectivity index (χ0n) is 18.4. The number of aromatic nitrogens is 2. The van der Waals surface area contributed by atoms with Crippen LogP contribution in [0.5, 0.6) is 0 Å². The number of hydrogen-bond acceptors (Lipinski definition) is 4. The number of fused-ring (bicyclic) bond motifs is 1. The molecule has 0 saturated heterocycles. The van der Waals surface area contributed by atoms with Crippen LogP contribution in [0.4, 0.5) is 0 Å². The highest BCUT2D eigenvalue weighted by Gasteiger charge is 2.37. The molecule has 0 fully saturated rings. The Morgan fingerprint density at radius 1 is 1.19 bits per heavy atom. The van der Waals surface area contributed by atoms with E-state index < -0.39 is 14.3 Å². The number of carbonyl (C=O) groups is 2. The lowest BCUT2D eigenvalue weighted by Crippen LogP contribution is -2.40. The van der Waals surface area contributed by atoms with E-state index in [4.69, 9.17) is 16.0 Å². The summed E-state index contributed by atoms with van der Waals surface area (Å²) in [5, 5.41) is 10.5. The molecule has 3 rings (SSSR count). The molecule has 0 saturated carbocycles. The molecule has 2 heterocycles. The topological polar surface area (TPSA) is 92.3 Å². The third kappa shape index (κ3) is 5.06. The molecule has 31 heavy (non-hydrogen) atoms. The Morgan fingerprint density at radius 2 is 1.90 bits per heavy atom. The largest absolute Gasteiger partial charge is 0.481 e. The Kier molecular flexibility index (Phi) is 6.41. The summed E-state index contributed by atoms with van der Waals surface area (Å²) >= 11 is 6.09. The number of carboxylic acid groups (broad SMARTS) is 1. The van der Waals surface area contributed by atoms with Crippen LogP contribution < -0.4 is 0 Å². The molecule has 0 aliphatic rings. The fourth-order valence-electron chi connectivity index (χ4n) is 3.05. The quantitative estimate of drug-likeness (QED) is 0.355. The molecule has 8 heteroatoms. The maximum Gasteiger partial charge on any atom is 0.307 e. The monoisotopic (exact) mass is 458 g/mol. The third-order valence-electron chi connectivity index (χ3n) is 5.89. The number of rotatable bonds is 7. The highest BCUT2D eigenvalue weighted by Crippen LogP contribution is 2.37. The predicted molar refractivity (Wildman–Crippen MR) is 124 cm³/mol. The molecule has 0 bridgehead atoms. The van der Waals surface area contributed by atoms with Crippen LogP contribution in [-0.2, 0) is 22.2 Å². The minimum atomic E-state index is -1.94. The Hall–Kier alpha value is -2.48. The minimum absolute atomic E-state index is 0.0794. The van der Waals surface area contributed by atoms with Crippen molar-refractivity contribution in [3.05, 3.63) is 64.1 Å². The first kappa shape index (κ1) is 23.2. The molecule has 3 aromatic rings. The minimum Gasteiger partial charge on any atom is -0.481 e. The van der Waals surface area contributed by atoms with E-state index in [0.29, 0.717) is 28.1 Å². The number of carboxylic acids is 1. The molecule has 2 N–H and O–H groups in total. The van der Waals surface area contributed by atoms with Crippen LogP contribution in [0.3, 0.4) is 0 Å². The van der Waals surface area contributed by atoms with Gasteiger partial charge in [-0.15, -0.1) is 0 Å². The fourth-order valence-corrected chi connectivity index (χ4v) is 4.18. The molecule has 2 aromatic heterocycles. The second-order valence-electron chi connectivity index (χ2n) is 9.17. The molecule has 0 aliphatic heterocycles. The van der Waals surface area contributed by atoms with Crippen molar-refractivity contribution in [2.75, 3.05) is 0 Å². The van der Waals surface area contributed by atoms with Gasteiger partial charge in [-0.2, -0.15) is 0 Å². The first-order valence-corrected chi connectivity index (χ1v) is 13.3. The zero-order valence-corrected chi connectivity index (χ0v) is 20.1. The van der Waals surface area contributed by atoms with Crippen molar-refractivity contribution in [2.45, 2.75) is 51.9 Å². The molecule has 0 spiro atoms. The SMILES string of the molecule is CC(C)(C)[Si](C)(C)OCc1ccnc(C(=O)c2[nH]c3ccc(Cl)cc3c2CC(=O)O)c1. The van der Waals surface area contributed by atoms with Crippen LogP contribution >= 0.6 is 11.6 Å². The van der Waals surface area contributed by atoms with Gasteiger partial charge in [0.1, 0.15) is 5.69 Å². The third-order valence-corrected chi connectivity index (χ3v) is 10.6. The van der Waals surface area contributed by atoms with Gasteiger partial charge in [0.2, 0.25) is 5.78 Å². The first-order chi connectivity index (χ1) is 14.4. The summed E-state index contributed by atoms with van der Waals surface area (Å²) in [7, 11) is -1.94. The summed E-state index contributed by atoms with van der Waals surface area (Å²) in [6, 6.07) is 8.62. The van der Waals surface area contributed by atoms with Crippen molar-refractivity contribution in [1.29, 1.82) is 0 Å². The molecule has 0 atom stereocenters. The molecule has 6 nitrogen and oxygen atoms in total. The van der Waals surface area contributed by atoms with Gasteiger partial charge in [-0.3, -0.25) is 14.6 Å². The van der Waals surface area contributed by atoms with E-state index in [1.165, 1.54) is 0 Å². The maximum atomic E-state index is 13.3. The van der Waals surface area contributed by atoms with E-state index in [-0.39, 0.29) is 28.6 Å². The summed E-state index contributed by atoms with van der Waals surface area (Å²) in [5.74, 6) is -1.39. The lowest BCUT2D eigenvalue weighted by atomic mass is 10.0. The number of carbonyl (C=O) groups excluding carboxylic acids is 1. The Balaban J connectivity index is 1.94. The number of benzene rings is 1. The van der Waals surface area contributed by atoms with Gasteiger partial charge in [0.15, 0.2) is 8.32 Å². The average molecular weight is 459 g/mol. The van der Waals surface area contributed by atoms with Crippen molar-refractivity contribution < 1.29 is 19.1 Å². The van der Waals surface area contributed by atoms with Crippen molar-refractivity contribution in [2.24, 2.45) is 0 Å². The average Bonchev–Trinajstić information content (AvgIpc) is 3.02. The summed E-state index contributed by atoms with van der Waals surface area (Å²) in [5.41, 5.74) is 2.36. The van der Waals surface area contributed by atoms with Crippen LogP contribution in [0, 0.1) is 0 Å². The predicted octanol–water partition coefficient (Wildman–Crippen LogP) is 5.60. The summed E-state index contributed by atoms with van der Waals surface area (Å²) in [6.45, 7) is 11.3. The van der Waals surface area contributed by atoms with Crippen molar-refractivity contribution in [3.8, 4) is 0 Å². The molecule has 164 valence electrons. The van der Waals surface area contributed by atoms with Crippen LogP contribution in [0.2, 0.25) is 23.2 Å². The number of H-pyrrole nitrogens is 1. The second-order valence-corrected chi connectivity index (χ2v) is 14.4. The maximum absolute atomic E-state index is 13.3. The van der Waals surface area contributed by atoms with E-state index in [2.05, 4.69) is 43.8 Å². The van der Waals surface area contributed by atoms with Gasteiger partial charge in [-0.25, -0.2) is 0 Å². The van der Waals surface area contributed by atoms with E-state index in [1.807, 2.05) is 6.07 Å². The highest BCUT2D eigenvalue weighted by atomic mass is 35.5. The number of ketones is 1. The normalized spacial score (nSPS) is 12.3. The van der Waals surface area contributed by atoms with Gasteiger partial charge < -0.3 is 14.5 Å². The van der Waals surface area contributed by atoms with Crippen molar-refractivity contribution in [1.82, 2.24) is 9.97 Å². The molecule has 0 unspecified atom stereocenters. The van der Waals surface area contributed by atoms with E-state index in [1.54, 1.807) is 30.5 Å². The summed E-state index contributed by atoms with van der Waals surface area (Å²) in [6.07, 6.45) is 1.28. The zero-order chi connectivity index (χ0) is 23.0. The Bertz CT molecular complexity index is 1150. The standard InChI is InChI=1S/C23H27ClN2O4Si/c1-23(2,3)31(4,5)30-13-14-8-9-25-19(10-14)22(29)21-17(12-20(27)28)16-11-15(24)6-7-18(16)26-21/h6-11,26H,12-13H2,1-5H3,(H,27,28). The number of aliphatic carboxylic acids is 1. The lowest BCUT2D eigenvalue weighted by Gasteiger charge is -2.36. The Morgan fingerprint density at radius 3 is 2.55 bits per heavy atom. The van der Waals surface area contributed by atoms with Gasteiger partial charge in [0.25, 0.3) is 0 Å². The number of nitrogens with zero attached hydrogens (tertiary/aromatic N) is 1. The van der Waals surface area contributed by atoms with Gasteiger partial charge in [-0.05, 0) is 54.0 Å². The molecule has 0 aliphatic carbocycles. The number of hydrogen-bond donors (Lipinski definition) is 2. The van der Waals surface area contributed by atoms with Gasteiger partial charge in [-0.1, -0.05) is 32.4 Å². The number of aromatic amines is 1. The number of halogens is 1. The first-order valence-electron chi connectivity index (χ1n) is 10.0. The van der Waals surface area contributed by atoms with Crippen LogP contribution in [0.15, 0.2) is 36.5 Å². The van der Waals surface area contributed by atoms with Crippen LogP contribution in [0.1, 0.15) is 48.1 Å². The number of pyridine rings is 1. The van der Waals surface area contributed by atoms with Crippen molar-refractivity contribution in [3.63, 3.8) is 0 Å². The summed E-state index contributed by atoms with van der Waals surface area (Å²) < 4.78 is 6.26. The van der Waals surface area contributed by atoms with E-state index >= 15 is 0 Å². The fraction of sp³-hybridized carbons (Fsp3) is 0.348. The molecule has 1 aromatic carbocycles. The lowest BCUT2D eigenvalue weighted by molar-refractivity contribution is -0.136. The molecular formula is C23H27ClN2O4Si. The Labute approximate surface area is 187 Å². The van der Waals surface area contributed by atoms with Crippen LogP contribution in [0.25, 0.3) is 10.9 Å². The van der Waals surface area contributed by atoms with Crippen molar-refractivity contribution >= 4 is 42.6 Å². The molecule has 0 radical (unpaired) electrons. The molecule has 0 amide bonds. The van der Waals surface area contributed by atoms with E-state index in [9.17, 15) is 14.7 Å².